The lowest BCUT2D eigenvalue weighted by Crippen LogP contribution is -2.44. The van der Waals surface area contributed by atoms with Crippen LogP contribution in [0, 0.1) is 12.8 Å². The van der Waals surface area contributed by atoms with Gasteiger partial charge in [-0.2, -0.15) is 0 Å². The van der Waals surface area contributed by atoms with Crippen LogP contribution in [-0.2, 0) is 4.79 Å². The van der Waals surface area contributed by atoms with Crippen molar-refractivity contribution in [1.82, 2.24) is 10.2 Å². The van der Waals surface area contributed by atoms with Crippen molar-refractivity contribution in [3.63, 3.8) is 0 Å². The number of hydrogen-bond donors (Lipinski definition) is 3. The zero-order chi connectivity index (χ0) is 22.2. The molecular formula is C24H28N4O3. The lowest BCUT2D eigenvalue weighted by Gasteiger charge is -2.33. The highest BCUT2D eigenvalue weighted by atomic mass is 16.2. The van der Waals surface area contributed by atoms with Crippen LogP contribution in [0.25, 0.3) is 0 Å². The minimum atomic E-state index is -0.322. The van der Waals surface area contributed by atoms with Crippen molar-refractivity contribution in [2.24, 2.45) is 5.92 Å². The molecule has 1 aliphatic heterocycles. The summed E-state index contributed by atoms with van der Waals surface area (Å²) in [5.74, 6) is -0.216. The van der Waals surface area contributed by atoms with E-state index in [0.717, 1.165) is 24.1 Å². The summed E-state index contributed by atoms with van der Waals surface area (Å²) in [5.41, 5.74) is 2.95. The van der Waals surface area contributed by atoms with Crippen molar-refractivity contribution in [3.05, 3.63) is 72.3 Å². The zero-order valence-corrected chi connectivity index (χ0v) is 17.7. The third-order valence-electron chi connectivity index (χ3n) is 5.23. The second kappa shape index (κ2) is 10.4. The number of urea groups is 1. The second-order valence-corrected chi connectivity index (χ2v) is 7.73. The number of carbonyl (C=O) groups excluding carboxylic acids is 3. The predicted octanol–water partition coefficient (Wildman–Crippen LogP) is 3.79. The molecule has 1 saturated heterocycles. The number of carbonyl (C=O) groups is 3. The third-order valence-corrected chi connectivity index (χ3v) is 5.23. The molecule has 2 aromatic rings. The fraction of sp³-hybridized carbons (Fsp3) is 0.292. The number of aryl methyl sites for hydroxylation is 1. The summed E-state index contributed by atoms with van der Waals surface area (Å²) >= 11 is 0. The molecule has 0 aliphatic carbocycles. The zero-order valence-electron chi connectivity index (χ0n) is 17.7. The summed E-state index contributed by atoms with van der Waals surface area (Å²) in [5, 5.41) is 8.40. The number of anilines is 2. The molecule has 162 valence electrons. The molecule has 4 amide bonds. The standard InChI is InChI=1S/C24H28N4O3/c1-3-22(29)26-21-8-4-7-19(14-21)23(30)28-13-5-6-18(16-28)15-25-24(31)27-20-11-9-17(2)10-12-20/h3-4,7-12,14,18H,1,5-6,13,15-16H2,2H3,(H,26,29)(H2,25,27,31). The fourth-order valence-corrected chi connectivity index (χ4v) is 3.57. The third kappa shape index (κ3) is 6.44. The number of benzene rings is 2. The Labute approximate surface area is 182 Å². The normalized spacial score (nSPS) is 15.6. The van der Waals surface area contributed by atoms with E-state index in [1.807, 2.05) is 36.1 Å². The highest BCUT2D eigenvalue weighted by Crippen LogP contribution is 2.20. The van der Waals surface area contributed by atoms with Gasteiger partial charge in [0.15, 0.2) is 0 Å². The molecule has 0 bridgehead atoms. The van der Waals surface area contributed by atoms with Crippen molar-refractivity contribution >= 4 is 29.2 Å². The summed E-state index contributed by atoms with van der Waals surface area (Å²) < 4.78 is 0. The summed E-state index contributed by atoms with van der Waals surface area (Å²) in [4.78, 5) is 38.4. The van der Waals surface area contributed by atoms with Crippen molar-refractivity contribution in [2.45, 2.75) is 19.8 Å². The Hall–Kier alpha value is -3.61. The first-order valence-corrected chi connectivity index (χ1v) is 10.4. The molecule has 1 fully saturated rings. The van der Waals surface area contributed by atoms with Gasteiger partial charge in [0.1, 0.15) is 0 Å². The minimum Gasteiger partial charge on any atom is -0.338 e. The van der Waals surface area contributed by atoms with Gasteiger partial charge in [0.25, 0.3) is 5.91 Å². The summed E-state index contributed by atoms with van der Waals surface area (Å²) in [6.45, 7) is 7.17. The number of rotatable bonds is 6. The predicted molar refractivity (Wildman–Crippen MR) is 122 cm³/mol. The minimum absolute atomic E-state index is 0.0801. The molecule has 2 aromatic carbocycles. The Morgan fingerprint density at radius 3 is 2.61 bits per heavy atom. The van der Waals surface area contributed by atoms with Crippen molar-refractivity contribution in [2.75, 3.05) is 30.3 Å². The van der Waals surface area contributed by atoms with Crippen LogP contribution < -0.4 is 16.0 Å². The van der Waals surface area contributed by atoms with Gasteiger partial charge in [0.05, 0.1) is 0 Å². The smallest absolute Gasteiger partial charge is 0.319 e. The van der Waals surface area contributed by atoms with E-state index in [4.69, 9.17) is 0 Å². The maximum Gasteiger partial charge on any atom is 0.319 e. The van der Waals surface area contributed by atoms with Gasteiger partial charge in [-0.05, 0) is 62.1 Å². The van der Waals surface area contributed by atoms with Gasteiger partial charge in [-0.25, -0.2) is 4.79 Å². The van der Waals surface area contributed by atoms with Crippen LogP contribution in [-0.4, -0.2) is 42.4 Å². The van der Waals surface area contributed by atoms with Crippen LogP contribution in [0.2, 0.25) is 0 Å². The summed E-state index contributed by atoms with van der Waals surface area (Å²) in [6, 6.07) is 14.2. The first-order valence-electron chi connectivity index (χ1n) is 10.4. The summed E-state index contributed by atoms with van der Waals surface area (Å²) in [7, 11) is 0. The Bertz CT molecular complexity index is 956. The molecular weight excluding hydrogens is 392 g/mol. The second-order valence-electron chi connectivity index (χ2n) is 7.73. The van der Waals surface area contributed by atoms with E-state index in [1.165, 1.54) is 6.08 Å². The van der Waals surface area contributed by atoms with Gasteiger partial charge < -0.3 is 20.9 Å². The number of amides is 4. The van der Waals surface area contributed by atoms with Crippen molar-refractivity contribution < 1.29 is 14.4 Å². The number of hydrogen-bond acceptors (Lipinski definition) is 3. The molecule has 1 unspecified atom stereocenters. The SMILES string of the molecule is C=CC(=O)Nc1cccc(C(=O)N2CCCC(CNC(=O)Nc3ccc(C)cc3)C2)c1. The van der Waals surface area contributed by atoms with Crippen molar-refractivity contribution in [1.29, 1.82) is 0 Å². The highest BCUT2D eigenvalue weighted by Gasteiger charge is 2.25. The van der Waals surface area contributed by atoms with Crippen molar-refractivity contribution in [3.8, 4) is 0 Å². The highest BCUT2D eigenvalue weighted by molar-refractivity contribution is 6.00. The topological polar surface area (TPSA) is 90.5 Å². The number of nitrogens with one attached hydrogen (secondary N) is 3. The molecule has 31 heavy (non-hydrogen) atoms. The molecule has 0 aromatic heterocycles. The molecule has 3 N–H and O–H groups in total. The van der Waals surface area contributed by atoms with Crippen LogP contribution >= 0.6 is 0 Å². The Morgan fingerprint density at radius 2 is 1.87 bits per heavy atom. The first kappa shape index (κ1) is 22.1. The largest absolute Gasteiger partial charge is 0.338 e. The molecule has 1 aliphatic rings. The van der Waals surface area contributed by atoms with E-state index >= 15 is 0 Å². The molecule has 3 rings (SSSR count). The van der Waals surface area contributed by atoms with Crippen LogP contribution in [0.5, 0.6) is 0 Å². The monoisotopic (exact) mass is 420 g/mol. The fourth-order valence-electron chi connectivity index (χ4n) is 3.57. The van der Waals surface area contributed by atoms with E-state index in [0.29, 0.717) is 30.9 Å². The van der Waals surface area contributed by atoms with Crippen LogP contribution in [0.3, 0.4) is 0 Å². The molecule has 1 heterocycles. The molecule has 1 atom stereocenters. The van der Waals surface area contributed by atoms with E-state index in [-0.39, 0.29) is 23.8 Å². The molecule has 7 nitrogen and oxygen atoms in total. The van der Waals surface area contributed by atoms with Gasteiger partial charge in [-0.15, -0.1) is 0 Å². The van der Waals surface area contributed by atoms with Gasteiger partial charge in [0, 0.05) is 36.6 Å². The Morgan fingerprint density at radius 1 is 1.10 bits per heavy atom. The Balaban J connectivity index is 1.52. The van der Waals surface area contributed by atoms with E-state index in [1.54, 1.807) is 24.3 Å². The lowest BCUT2D eigenvalue weighted by molar-refractivity contribution is -0.111. The quantitative estimate of drug-likeness (QED) is 0.621. The molecule has 0 saturated carbocycles. The Kier molecular flexibility index (Phi) is 7.43. The van der Waals surface area contributed by atoms with Gasteiger partial charge in [-0.3, -0.25) is 9.59 Å². The van der Waals surface area contributed by atoms with Crippen LogP contribution in [0.15, 0.2) is 61.2 Å². The van der Waals surface area contributed by atoms with Gasteiger partial charge in [0.2, 0.25) is 5.91 Å². The van der Waals surface area contributed by atoms with Gasteiger partial charge >= 0.3 is 6.03 Å². The van der Waals surface area contributed by atoms with Gasteiger partial charge in [-0.1, -0.05) is 30.3 Å². The van der Waals surface area contributed by atoms with E-state index < -0.39 is 0 Å². The lowest BCUT2D eigenvalue weighted by atomic mass is 9.97. The molecule has 0 spiro atoms. The van der Waals surface area contributed by atoms with E-state index in [9.17, 15) is 14.4 Å². The number of likely N-dealkylation sites (tertiary alicyclic amines) is 1. The van der Waals surface area contributed by atoms with Crippen LogP contribution in [0.1, 0.15) is 28.8 Å². The molecule has 7 heteroatoms. The maximum absolute atomic E-state index is 13.0. The summed E-state index contributed by atoms with van der Waals surface area (Å²) in [6.07, 6.45) is 3.01. The average Bonchev–Trinajstić information content (AvgIpc) is 2.79. The number of nitrogens with zero attached hydrogens (tertiary/aromatic N) is 1. The average molecular weight is 421 g/mol. The molecule has 0 radical (unpaired) electrons. The van der Waals surface area contributed by atoms with Crippen LogP contribution in [0.4, 0.5) is 16.2 Å². The maximum atomic E-state index is 13.0. The first-order chi connectivity index (χ1) is 14.9. The number of piperidine rings is 1. The van der Waals surface area contributed by atoms with E-state index in [2.05, 4.69) is 22.5 Å².